The number of alkyl halides is 2. The van der Waals surface area contributed by atoms with Crippen LogP contribution in [0.25, 0.3) is 6.08 Å². The van der Waals surface area contributed by atoms with Crippen molar-refractivity contribution in [2.75, 3.05) is 6.61 Å². The van der Waals surface area contributed by atoms with Gasteiger partial charge in [-0.1, -0.05) is 50.5 Å². The number of benzene rings is 1. The van der Waals surface area contributed by atoms with Crippen LogP contribution in [0.5, 0.6) is 5.75 Å². The molecule has 0 atom stereocenters. The standard InChI is InChI=1S/C24H34F2O/c1-2-18-5-11-21(12-6-18)22-13-7-19(8-14-22)3-4-20-9-15-23(16-10-20)27-17-24(25)26/h3-4,9-10,15-16,18-19,21-22,24H,2,5-8,11-14,17H2,1H3. The van der Waals surface area contributed by atoms with Gasteiger partial charge in [0.25, 0.3) is 6.43 Å². The monoisotopic (exact) mass is 376 g/mol. The lowest BCUT2D eigenvalue weighted by Crippen LogP contribution is -2.25. The number of hydrogen-bond acceptors (Lipinski definition) is 1. The Hall–Kier alpha value is -1.38. The van der Waals surface area contributed by atoms with Gasteiger partial charge in [-0.3, -0.25) is 0 Å². The van der Waals surface area contributed by atoms with E-state index in [4.69, 9.17) is 4.74 Å². The number of hydrogen-bond donors (Lipinski definition) is 0. The summed E-state index contributed by atoms with van der Waals surface area (Å²) >= 11 is 0. The second-order valence-corrected chi connectivity index (χ2v) is 8.49. The molecule has 3 rings (SSSR count). The highest BCUT2D eigenvalue weighted by Gasteiger charge is 2.29. The molecule has 0 aliphatic heterocycles. The van der Waals surface area contributed by atoms with E-state index in [-0.39, 0.29) is 0 Å². The lowest BCUT2D eigenvalue weighted by molar-refractivity contribution is 0.0819. The summed E-state index contributed by atoms with van der Waals surface area (Å²) in [6.07, 6.45) is 14.7. The molecular weight excluding hydrogens is 342 g/mol. The second-order valence-electron chi connectivity index (χ2n) is 8.49. The Bertz CT molecular complexity index is 565. The fraction of sp³-hybridized carbons (Fsp3) is 0.667. The summed E-state index contributed by atoms with van der Waals surface area (Å²) in [4.78, 5) is 0. The molecule has 0 unspecified atom stereocenters. The topological polar surface area (TPSA) is 9.23 Å². The van der Waals surface area contributed by atoms with Gasteiger partial charge >= 0.3 is 0 Å². The van der Waals surface area contributed by atoms with Gasteiger partial charge in [-0.05, 0) is 79.9 Å². The summed E-state index contributed by atoms with van der Waals surface area (Å²) in [5.74, 6) is 4.12. The van der Waals surface area contributed by atoms with Gasteiger partial charge < -0.3 is 4.74 Å². The zero-order valence-electron chi connectivity index (χ0n) is 16.6. The van der Waals surface area contributed by atoms with E-state index in [1.165, 1.54) is 57.8 Å². The molecule has 1 aromatic carbocycles. The van der Waals surface area contributed by atoms with Crippen molar-refractivity contribution in [2.45, 2.75) is 71.1 Å². The van der Waals surface area contributed by atoms with Gasteiger partial charge in [0.05, 0.1) is 0 Å². The van der Waals surface area contributed by atoms with Crippen LogP contribution in [-0.2, 0) is 0 Å². The summed E-state index contributed by atoms with van der Waals surface area (Å²) in [6, 6.07) is 7.42. The molecule has 3 heteroatoms. The molecule has 1 aromatic rings. The molecule has 0 bridgehead atoms. The van der Waals surface area contributed by atoms with Crippen molar-refractivity contribution in [3.05, 3.63) is 35.9 Å². The maximum Gasteiger partial charge on any atom is 0.272 e. The fourth-order valence-corrected chi connectivity index (χ4v) is 4.96. The first-order chi connectivity index (χ1) is 13.1. The first-order valence-corrected chi connectivity index (χ1v) is 10.8. The maximum absolute atomic E-state index is 12.2. The van der Waals surface area contributed by atoms with Gasteiger partial charge in [-0.25, -0.2) is 8.78 Å². The van der Waals surface area contributed by atoms with E-state index in [9.17, 15) is 8.78 Å². The molecule has 2 aliphatic carbocycles. The molecule has 27 heavy (non-hydrogen) atoms. The van der Waals surface area contributed by atoms with Crippen molar-refractivity contribution in [3.8, 4) is 5.75 Å². The molecule has 2 fully saturated rings. The van der Waals surface area contributed by atoms with Crippen LogP contribution in [0.2, 0.25) is 0 Å². The quantitative estimate of drug-likeness (QED) is 0.483. The van der Waals surface area contributed by atoms with Crippen molar-refractivity contribution in [3.63, 3.8) is 0 Å². The molecular formula is C24H34F2O. The normalized spacial score (nSPS) is 29.3. The van der Waals surface area contributed by atoms with Crippen LogP contribution in [0.15, 0.2) is 30.3 Å². The van der Waals surface area contributed by atoms with Crippen molar-refractivity contribution in [1.82, 2.24) is 0 Å². The van der Waals surface area contributed by atoms with Crippen LogP contribution in [0, 0.1) is 23.7 Å². The van der Waals surface area contributed by atoms with Crippen LogP contribution in [0.4, 0.5) is 8.78 Å². The first-order valence-electron chi connectivity index (χ1n) is 10.8. The van der Waals surface area contributed by atoms with E-state index in [2.05, 4.69) is 19.1 Å². The molecule has 1 nitrogen and oxygen atoms in total. The molecule has 0 spiro atoms. The van der Waals surface area contributed by atoms with E-state index in [1.807, 2.05) is 12.1 Å². The molecule has 2 aliphatic rings. The van der Waals surface area contributed by atoms with Crippen molar-refractivity contribution < 1.29 is 13.5 Å². The molecule has 0 amide bonds. The zero-order chi connectivity index (χ0) is 19.1. The molecule has 2 saturated carbocycles. The van der Waals surface area contributed by atoms with Crippen molar-refractivity contribution in [1.29, 1.82) is 0 Å². The van der Waals surface area contributed by atoms with Crippen LogP contribution in [-0.4, -0.2) is 13.0 Å². The lowest BCUT2D eigenvalue weighted by atomic mass is 9.69. The largest absolute Gasteiger partial charge is 0.488 e. The van der Waals surface area contributed by atoms with E-state index in [1.54, 1.807) is 12.1 Å². The van der Waals surface area contributed by atoms with Crippen LogP contribution < -0.4 is 4.74 Å². The summed E-state index contributed by atoms with van der Waals surface area (Å²) in [5.41, 5.74) is 1.11. The molecule has 0 radical (unpaired) electrons. The Morgan fingerprint density at radius 1 is 0.926 bits per heavy atom. The summed E-state index contributed by atoms with van der Waals surface area (Å²) in [6.45, 7) is 1.80. The van der Waals surface area contributed by atoms with Crippen molar-refractivity contribution >= 4 is 6.08 Å². The predicted molar refractivity (Wildman–Crippen MR) is 108 cm³/mol. The van der Waals surface area contributed by atoms with Gasteiger partial charge in [0.1, 0.15) is 12.4 Å². The van der Waals surface area contributed by atoms with Gasteiger partial charge in [0.15, 0.2) is 0 Å². The van der Waals surface area contributed by atoms with Gasteiger partial charge in [-0.2, -0.15) is 0 Å². The van der Waals surface area contributed by atoms with E-state index in [0.717, 1.165) is 23.3 Å². The molecule has 150 valence electrons. The zero-order valence-corrected chi connectivity index (χ0v) is 16.6. The number of rotatable bonds is 7. The highest BCUT2D eigenvalue weighted by atomic mass is 19.3. The van der Waals surface area contributed by atoms with Gasteiger partial charge in [0, 0.05) is 0 Å². The van der Waals surface area contributed by atoms with Crippen molar-refractivity contribution in [2.24, 2.45) is 23.7 Å². The van der Waals surface area contributed by atoms with Crippen LogP contribution in [0.3, 0.4) is 0 Å². The Morgan fingerprint density at radius 2 is 1.52 bits per heavy atom. The number of halogens is 2. The first kappa shape index (κ1) is 20.4. The minimum atomic E-state index is -2.43. The second kappa shape index (κ2) is 10.2. The minimum absolute atomic E-state index is 0.505. The van der Waals surface area contributed by atoms with E-state index >= 15 is 0 Å². The molecule has 0 N–H and O–H groups in total. The predicted octanol–water partition coefficient (Wildman–Crippen LogP) is 7.37. The average Bonchev–Trinajstić information content (AvgIpc) is 2.72. The van der Waals surface area contributed by atoms with Crippen LogP contribution in [0.1, 0.15) is 70.3 Å². The van der Waals surface area contributed by atoms with E-state index < -0.39 is 13.0 Å². The highest BCUT2D eigenvalue weighted by molar-refractivity contribution is 5.50. The Labute approximate surface area is 163 Å². The third-order valence-electron chi connectivity index (χ3n) is 6.77. The SMILES string of the molecule is CCC1CCC(C2CCC(C=Cc3ccc(OCC(F)F)cc3)CC2)CC1. The van der Waals surface area contributed by atoms with Gasteiger partial charge in [-0.15, -0.1) is 0 Å². The summed E-state index contributed by atoms with van der Waals surface area (Å²) < 4.78 is 29.4. The summed E-state index contributed by atoms with van der Waals surface area (Å²) in [7, 11) is 0. The fourth-order valence-electron chi connectivity index (χ4n) is 4.96. The average molecular weight is 377 g/mol. The molecule has 0 heterocycles. The molecule has 0 saturated heterocycles. The Kier molecular flexibility index (Phi) is 7.72. The smallest absolute Gasteiger partial charge is 0.272 e. The van der Waals surface area contributed by atoms with E-state index in [0.29, 0.717) is 11.7 Å². The number of ether oxygens (including phenoxy) is 1. The third-order valence-corrected chi connectivity index (χ3v) is 6.77. The summed E-state index contributed by atoms with van der Waals surface area (Å²) in [5, 5.41) is 0. The lowest BCUT2D eigenvalue weighted by Gasteiger charge is -2.37. The number of allylic oxidation sites excluding steroid dienone is 1. The maximum atomic E-state index is 12.2. The van der Waals surface area contributed by atoms with Gasteiger partial charge in [0.2, 0.25) is 0 Å². The highest BCUT2D eigenvalue weighted by Crippen LogP contribution is 2.42. The third kappa shape index (κ3) is 6.33. The Balaban J connectivity index is 1.41. The minimum Gasteiger partial charge on any atom is -0.488 e. The molecule has 0 aromatic heterocycles. The Morgan fingerprint density at radius 3 is 2.07 bits per heavy atom. The van der Waals surface area contributed by atoms with Crippen LogP contribution >= 0.6 is 0 Å².